The Morgan fingerprint density at radius 2 is 1.54 bits per heavy atom. The van der Waals surface area contributed by atoms with E-state index in [9.17, 15) is 24.3 Å². The van der Waals surface area contributed by atoms with E-state index in [4.69, 9.17) is 9.47 Å². The van der Waals surface area contributed by atoms with E-state index in [2.05, 4.69) is 10.6 Å². The summed E-state index contributed by atoms with van der Waals surface area (Å²) in [7, 11) is 0. The fourth-order valence-electron chi connectivity index (χ4n) is 4.25. The number of carbonyl (C=O) groups is 4. The maximum atomic E-state index is 14.4. The van der Waals surface area contributed by atoms with E-state index in [1.807, 2.05) is 30.3 Å². The van der Waals surface area contributed by atoms with Crippen LogP contribution in [-0.2, 0) is 30.3 Å². The highest BCUT2D eigenvalue weighted by molar-refractivity contribution is 5.93. The van der Waals surface area contributed by atoms with Crippen LogP contribution in [0.3, 0.4) is 0 Å². The predicted octanol–water partition coefficient (Wildman–Crippen LogP) is 4.27. The van der Waals surface area contributed by atoms with Gasteiger partial charge in [0.05, 0.1) is 13.0 Å². The Labute approximate surface area is 242 Å². The molecule has 41 heavy (non-hydrogen) atoms. The van der Waals surface area contributed by atoms with Crippen LogP contribution in [0.1, 0.15) is 72.1 Å². The lowest BCUT2D eigenvalue weighted by Crippen LogP contribution is -2.59. The Morgan fingerprint density at radius 1 is 0.927 bits per heavy atom. The van der Waals surface area contributed by atoms with E-state index in [1.165, 1.54) is 11.0 Å². The average molecular weight is 570 g/mol. The summed E-state index contributed by atoms with van der Waals surface area (Å²) >= 11 is 0. The number of alkyl carbamates (subject to hydrolysis) is 1. The SMILES string of the molecule is CCOC(=O)CCNC(=O)C(c1ccccc1O)N(C(=O)C(Cc1ccccc1)NC(=O)OC(C)(C)C)C(C)(C)C. The van der Waals surface area contributed by atoms with Gasteiger partial charge in [-0.25, -0.2) is 4.79 Å². The number of benzene rings is 2. The van der Waals surface area contributed by atoms with Crippen molar-refractivity contribution >= 4 is 23.9 Å². The van der Waals surface area contributed by atoms with Crippen molar-refractivity contribution in [3.05, 3.63) is 65.7 Å². The largest absolute Gasteiger partial charge is 0.508 e. The molecule has 0 bridgehead atoms. The third-order valence-corrected chi connectivity index (χ3v) is 5.90. The third-order valence-electron chi connectivity index (χ3n) is 5.90. The quantitative estimate of drug-likeness (QED) is 0.344. The first-order valence-corrected chi connectivity index (χ1v) is 13.7. The van der Waals surface area contributed by atoms with Crippen molar-refractivity contribution in [1.29, 1.82) is 0 Å². The van der Waals surface area contributed by atoms with Gasteiger partial charge in [-0.1, -0.05) is 48.5 Å². The molecule has 3 amide bonds. The van der Waals surface area contributed by atoms with Gasteiger partial charge in [0.15, 0.2) is 0 Å². The molecule has 2 aromatic rings. The van der Waals surface area contributed by atoms with Gasteiger partial charge in [0.2, 0.25) is 11.8 Å². The fraction of sp³-hybridized carbons (Fsp3) is 0.484. The number of carbonyl (C=O) groups excluding carboxylic acids is 4. The zero-order valence-corrected chi connectivity index (χ0v) is 25.0. The molecule has 0 saturated carbocycles. The lowest BCUT2D eigenvalue weighted by Gasteiger charge is -2.43. The van der Waals surface area contributed by atoms with Crippen LogP contribution in [0.25, 0.3) is 0 Å². The van der Waals surface area contributed by atoms with Crippen LogP contribution in [0.5, 0.6) is 5.75 Å². The van der Waals surface area contributed by atoms with E-state index in [-0.39, 0.29) is 37.3 Å². The summed E-state index contributed by atoms with van der Waals surface area (Å²) in [5, 5.41) is 16.2. The van der Waals surface area contributed by atoms with E-state index >= 15 is 0 Å². The highest BCUT2D eigenvalue weighted by Gasteiger charge is 2.42. The van der Waals surface area contributed by atoms with Gasteiger partial charge < -0.3 is 30.1 Å². The molecule has 0 heterocycles. The number of nitrogens with one attached hydrogen (secondary N) is 2. The number of nitrogens with zero attached hydrogens (tertiary/aromatic N) is 1. The van der Waals surface area contributed by atoms with Gasteiger partial charge in [0.1, 0.15) is 23.4 Å². The number of amides is 3. The summed E-state index contributed by atoms with van der Waals surface area (Å²) in [6, 6.07) is 13.0. The van der Waals surface area contributed by atoms with Crippen molar-refractivity contribution in [1.82, 2.24) is 15.5 Å². The molecule has 0 aliphatic rings. The first-order valence-electron chi connectivity index (χ1n) is 13.7. The number of aromatic hydroxyl groups is 1. The Bertz CT molecular complexity index is 1190. The van der Waals surface area contributed by atoms with Gasteiger partial charge >= 0.3 is 12.1 Å². The van der Waals surface area contributed by atoms with Crippen LogP contribution in [0, 0.1) is 0 Å². The van der Waals surface area contributed by atoms with Crippen LogP contribution in [0.4, 0.5) is 4.79 Å². The normalized spacial score (nSPS) is 13.0. The topological polar surface area (TPSA) is 134 Å². The molecule has 224 valence electrons. The molecule has 0 aliphatic heterocycles. The fourth-order valence-corrected chi connectivity index (χ4v) is 4.25. The maximum absolute atomic E-state index is 14.4. The summed E-state index contributed by atoms with van der Waals surface area (Å²) in [6.45, 7) is 12.3. The molecule has 0 radical (unpaired) electrons. The van der Waals surface area contributed by atoms with Crippen LogP contribution in [0.15, 0.2) is 54.6 Å². The van der Waals surface area contributed by atoms with Gasteiger partial charge in [0.25, 0.3) is 0 Å². The summed E-state index contributed by atoms with van der Waals surface area (Å²) in [5.41, 5.74) is -0.771. The summed E-state index contributed by atoms with van der Waals surface area (Å²) in [4.78, 5) is 54.2. The number of para-hydroxylation sites is 1. The molecule has 2 aromatic carbocycles. The molecule has 0 aliphatic carbocycles. The minimum absolute atomic E-state index is 0.0302. The number of phenols is 1. The zero-order chi connectivity index (χ0) is 30.8. The molecule has 2 rings (SSSR count). The maximum Gasteiger partial charge on any atom is 0.408 e. The van der Waals surface area contributed by atoms with Gasteiger partial charge in [-0.05, 0) is 60.1 Å². The Kier molecular flexibility index (Phi) is 11.7. The average Bonchev–Trinajstić information content (AvgIpc) is 2.86. The molecule has 0 saturated heterocycles. The number of hydrogen-bond acceptors (Lipinski definition) is 7. The van der Waals surface area contributed by atoms with E-state index in [0.29, 0.717) is 0 Å². The minimum atomic E-state index is -1.29. The van der Waals surface area contributed by atoms with Crippen LogP contribution in [-0.4, -0.2) is 64.2 Å². The van der Waals surface area contributed by atoms with Crippen molar-refractivity contribution in [3.63, 3.8) is 0 Å². The number of hydrogen-bond donors (Lipinski definition) is 3. The number of phenolic OH excluding ortho intramolecular Hbond substituents is 1. The first-order chi connectivity index (χ1) is 19.1. The van der Waals surface area contributed by atoms with Gasteiger partial charge in [-0.15, -0.1) is 0 Å². The second-order valence-corrected chi connectivity index (χ2v) is 11.6. The molecule has 2 atom stereocenters. The van der Waals surface area contributed by atoms with Crippen molar-refractivity contribution in [3.8, 4) is 5.75 Å². The Morgan fingerprint density at radius 3 is 2.10 bits per heavy atom. The van der Waals surface area contributed by atoms with Crippen LogP contribution < -0.4 is 10.6 Å². The van der Waals surface area contributed by atoms with Gasteiger partial charge in [-0.2, -0.15) is 0 Å². The number of rotatable bonds is 11. The molecular weight excluding hydrogens is 526 g/mol. The zero-order valence-electron chi connectivity index (χ0n) is 25.0. The molecule has 0 spiro atoms. The predicted molar refractivity (Wildman–Crippen MR) is 155 cm³/mol. The van der Waals surface area contributed by atoms with E-state index in [0.717, 1.165) is 5.56 Å². The first kappa shape index (κ1) is 33.1. The monoisotopic (exact) mass is 569 g/mol. The number of ether oxygens (including phenoxy) is 2. The Hall–Kier alpha value is -4.08. The standard InChI is InChI=1S/C31H43N3O7/c1-8-40-25(36)18-19-32-27(37)26(22-16-12-13-17-24(22)35)34(30(2,3)4)28(38)23(20-21-14-10-9-11-15-21)33-29(39)41-31(5,6)7/h9-17,23,26,35H,8,18-20H2,1-7H3,(H,32,37)(H,33,39). The summed E-state index contributed by atoms with van der Waals surface area (Å²) < 4.78 is 10.4. The highest BCUT2D eigenvalue weighted by atomic mass is 16.6. The number of esters is 1. The van der Waals surface area contributed by atoms with Crippen LogP contribution in [0.2, 0.25) is 0 Å². The lowest BCUT2D eigenvalue weighted by atomic mass is 9.93. The summed E-state index contributed by atoms with van der Waals surface area (Å²) in [6.07, 6.45) is -0.713. The molecule has 0 fully saturated rings. The van der Waals surface area contributed by atoms with E-state index < -0.39 is 47.1 Å². The van der Waals surface area contributed by atoms with E-state index in [1.54, 1.807) is 66.7 Å². The second-order valence-electron chi connectivity index (χ2n) is 11.6. The van der Waals surface area contributed by atoms with Crippen molar-refractivity contribution < 1.29 is 33.8 Å². The Balaban J connectivity index is 2.54. The summed E-state index contributed by atoms with van der Waals surface area (Å²) in [5.74, 6) is -1.81. The van der Waals surface area contributed by atoms with Gasteiger partial charge in [-0.3, -0.25) is 14.4 Å². The molecule has 0 aromatic heterocycles. The van der Waals surface area contributed by atoms with Crippen LogP contribution >= 0.6 is 0 Å². The molecule has 3 N–H and O–H groups in total. The minimum Gasteiger partial charge on any atom is -0.508 e. The molecule has 10 nitrogen and oxygen atoms in total. The third kappa shape index (κ3) is 10.4. The smallest absolute Gasteiger partial charge is 0.408 e. The van der Waals surface area contributed by atoms with Crippen molar-refractivity contribution in [2.75, 3.05) is 13.2 Å². The van der Waals surface area contributed by atoms with Crippen molar-refractivity contribution in [2.45, 2.75) is 84.5 Å². The highest BCUT2D eigenvalue weighted by Crippen LogP contribution is 2.34. The van der Waals surface area contributed by atoms with Gasteiger partial charge in [0, 0.05) is 24.1 Å². The molecule has 2 unspecified atom stereocenters. The lowest BCUT2D eigenvalue weighted by molar-refractivity contribution is -0.149. The molecule has 10 heteroatoms. The molecular formula is C31H43N3O7. The van der Waals surface area contributed by atoms with Crippen molar-refractivity contribution in [2.24, 2.45) is 0 Å². The second kappa shape index (κ2) is 14.5.